The monoisotopic (exact) mass is 641 g/mol. The van der Waals surface area contributed by atoms with Gasteiger partial charge in [-0.15, -0.1) is 11.8 Å². The fourth-order valence-corrected chi connectivity index (χ4v) is 9.25. The van der Waals surface area contributed by atoms with Crippen molar-refractivity contribution in [3.63, 3.8) is 0 Å². The van der Waals surface area contributed by atoms with Crippen LogP contribution in [0.3, 0.4) is 0 Å². The van der Waals surface area contributed by atoms with Gasteiger partial charge in [-0.25, -0.2) is 4.79 Å². The minimum Gasteiger partial charge on any atom is -0.504 e. The van der Waals surface area contributed by atoms with E-state index in [4.69, 9.17) is 23.7 Å². The highest BCUT2D eigenvalue weighted by atomic mass is 32.2. The number of aromatic hydroxyl groups is 1. The topological polar surface area (TPSA) is 165 Å². The molecule has 7 atom stereocenters. The number of phenolic OH excluding ortho intramolecular Hbond substituents is 1. The summed E-state index contributed by atoms with van der Waals surface area (Å²) < 4.78 is 29.3. The van der Waals surface area contributed by atoms with Crippen LogP contribution in [-0.4, -0.2) is 83.6 Å². The SMILES string of the molecule is COc1c(C)cc2c(c1O)[C@H]1N[C@@H](C2)[C@H](O)N2C1[C@@H]1SCC(NC(C)=O)C(=O)OC[C@H]2c2c3c(c(C)c(OC(C)=O)c21)OCO3. The van der Waals surface area contributed by atoms with E-state index in [-0.39, 0.29) is 30.8 Å². The zero-order chi connectivity index (χ0) is 31.9. The van der Waals surface area contributed by atoms with Gasteiger partial charge in [0.1, 0.15) is 24.6 Å². The van der Waals surface area contributed by atoms with E-state index < -0.39 is 53.6 Å². The van der Waals surface area contributed by atoms with E-state index in [0.29, 0.717) is 51.7 Å². The Kier molecular flexibility index (Phi) is 7.30. The van der Waals surface area contributed by atoms with E-state index in [0.717, 1.165) is 11.1 Å². The van der Waals surface area contributed by atoms with Crippen LogP contribution in [0.4, 0.5) is 0 Å². The van der Waals surface area contributed by atoms with Crippen LogP contribution >= 0.6 is 11.8 Å². The quantitative estimate of drug-likeness (QED) is 0.284. The maximum absolute atomic E-state index is 13.3. The number of fused-ring (bicyclic) bond motifs is 9. The second-order valence-corrected chi connectivity index (χ2v) is 13.2. The molecule has 2 aromatic rings. The molecule has 2 unspecified atom stereocenters. The number of aliphatic hydroxyl groups excluding tert-OH is 1. The number of phenols is 1. The number of carbonyl (C=O) groups is 3. The van der Waals surface area contributed by atoms with E-state index in [1.807, 2.05) is 17.9 Å². The summed E-state index contributed by atoms with van der Waals surface area (Å²) >= 11 is 1.37. The lowest BCUT2D eigenvalue weighted by Gasteiger charge is -2.59. The smallest absolute Gasteiger partial charge is 0.329 e. The number of thioether (sulfide) groups is 1. The molecule has 13 nitrogen and oxygen atoms in total. The summed E-state index contributed by atoms with van der Waals surface area (Å²) in [5.41, 5.74) is 4.16. The Morgan fingerprint density at radius 3 is 2.58 bits per heavy atom. The molecule has 0 spiro atoms. The Bertz CT molecular complexity index is 1630. The number of hydrogen-bond acceptors (Lipinski definition) is 13. The number of esters is 2. The molecule has 14 heteroatoms. The lowest BCUT2D eigenvalue weighted by Crippen LogP contribution is -2.69. The van der Waals surface area contributed by atoms with Crippen molar-refractivity contribution in [3.8, 4) is 28.7 Å². The standard InChI is InChI=1S/C31H35N3O10S/c1-11-6-15-7-16-30(38)34-18-8-41-31(39)17(32-13(3)35)9-45-29(23(34)22(33-16)19(15)24(37)25(11)40-5)21-20(18)28-27(42-10-43-28)12(2)26(21)44-14(4)36/h6,16-18,22-23,29-30,33,37-38H,7-10H2,1-5H3,(H,32,35)/t16-,17?,18-,22+,23?,29+,30-/m0/s1. The van der Waals surface area contributed by atoms with Crippen molar-refractivity contribution in [2.45, 2.75) is 75.8 Å². The average molecular weight is 642 g/mol. The molecule has 45 heavy (non-hydrogen) atoms. The Morgan fingerprint density at radius 2 is 1.87 bits per heavy atom. The lowest BCUT2D eigenvalue weighted by molar-refractivity contribution is -0.160. The number of methoxy groups -OCH3 is 1. The summed E-state index contributed by atoms with van der Waals surface area (Å²) in [6.45, 7) is 6.07. The molecule has 2 aromatic carbocycles. The summed E-state index contributed by atoms with van der Waals surface area (Å²) in [6.07, 6.45) is -0.605. The van der Waals surface area contributed by atoms with Gasteiger partial charge in [-0.05, 0) is 31.4 Å². The van der Waals surface area contributed by atoms with Crippen LogP contribution in [0.2, 0.25) is 0 Å². The van der Waals surface area contributed by atoms with Gasteiger partial charge in [0, 0.05) is 47.9 Å². The minimum atomic E-state index is -1.04. The fraction of sp³-hybridized carbons (Fsp3) is 0.516. The molecule has 4 N–H and O–H groups in total. The second kappa shape index (κ2) is 11.0. The van der Waals surface area contributed by atoms with Gasteiger partial charge in [0.05, 0.1) is 30.5 Å². The van der Waals surface area contributed by atoms with Crippen LogP contribution in [-0.2, 0) is 25.5 Å². The molecule has 0 aromatic heterocycles. The molecule has 240 valence electrons. The number of aliphatic hydroxyl groups is 1. The zero-order valence-corrected chi connectivity index (χ0v) is 26.3. The number of ether oxygens (including phenoxy) is 5. The van der Waals surface area contributed by atoms with Crippen molar-refractivity contribution < 1.29 is 48.3 Å². The first-order valence-corrected chi connectivity index (χ1v) is 15.9. The first-order valence-electron chi connectivity index (χ1n) is 14.8. The third-order valence-corrected chi connectivity index (χ3v) is 10.8. The van der Waals surface area contributed by atoms with E-state index in [2.05, 4.69) is 10.6 Å². The highest BCUT2D eigenvalue weighted by Gasteiger charge is 2.58. The number of benzene rings is 2. The third kappa shape index (κ3) is 4.52. The highest BCUT2D eigenvalue weighted by Crippen LogP contribution is 2.62. The van der Waals surface area contributed by atoms with Gasteiger partial charge in [-0.1, -0.05) is 6.07 Å². The van der Waals surface area contributed by atoms with Crippen molar-refractivity contribution >= 4 is 29.6 Å². The maximum Gasteiger partial charge on any atom is 0.329 e. The molecule has 0 aliphatic carbocycles. The molecule has 5 aliphatic heterocycles. The summed E-state index contributed by atoms with van der Waals surface area (Å²) in [6, 6.07) is -1.21. The number of nitrogens with zero attached hydrogens (tertiary/aromatic N) is 1. The van der Waals surface area contributed by atoms with Crippen LogP contribution in [0, 0.1) is 13.8 Å². The molecule has 5 heterocycles. The molecule has 4 bridgehead atoms. The van der Waals surface area contributed by atoms with Gasteiger partial charge in [-0.3, -0.25) is 14.5 Å². The van der Waals surface area contributed by atoms with Gasteiger partial charge >= 0.3 is 11.9 Å². The number of carbonyl (C=O) groups excluding carboxylic acids is 3. The normalized spacial score (nSPS) is 29.6. The first-order chi connectivity index (χ1) is 21.5. The number of hydrogen-bond donors (Lipinski definition) is 4. The summed E-state index contributed by atoms with van der Waals surface area (Å²) in [4.78, 5) is 39.8. The Hall–Kier alpha value is -3.72. The predicted octanol–water partition coefficient (Wildman–Crippen LogP) is 1.82. The van der Waals surface area contributed by atoms with Crippen molar-refractivity contribution in [1.82, 2.24) is 15.5 Å². The van der Waals surface area contributed by atoms with Gasteiger partial charge in [0.2, 0.25) is 12.7 Å². The van der Waals surface area contributed by atoms with Crippen LogP contribution in [0.15, 0.2) is 6.07 Å². The number of amides is 1. The molecule has 0 saturated carbocycles. The fourth-order valence-electron chi connectivity index (χ4n) is 7.73. The molecule has 0 radical (unpaired) electrons. The summed E-state index contributed by atoms with van der Waals surface area (Å²) in [5, 5.41) is 29.4. The highest BCUT2D eigenvalue weighted by molar-refractivity contribution is 7.99. The van der Waals surface area contributed by atoms with Crippen LogP contribution in [0.5, 0.6) is 28.7 Å². The average Bonchev–Trinajstić information content (AvgIpc) is 3.48. The van der Waals surface area contributed by atoms with Crippen molar-refractivity contribution in [3.05, 3.63) is 39.4 Å². The van der Waals surface area contributed by atoms with E-state index in [1.54, 1.807) is 6.92 Å². The summed E-state index contributed by atoms with van der Waals surface area (Å²) in [7, 11) is 1.51. The van der Waals surface area contributed by atoms with Crippen molar-refractivity contribution in [1.29, 1.82) is 0 Å². The molecule has 7 rings (SSSR count). The Labute approximate surface area is 263 Å². The largest absolute Gasteiger partial charge is 0.504 e. The predicted molar refractivity (Wildman–Crippen MR) is 160 cm³/mol. The van der Waals surface area contributed by atoms with Gasteiger partial charge in [-0.2, -0.15) is 0 Å². The Balaban J connectivity index is 1.50. The van der Waals surface area contributed by atoms with Gasteiger partial charge in [0.15, 0.2) is 23.0 Å². The van der Waals surface area contributed by atoms with Gasteiger partial charge < -0.3 is 44.5 Å². The first kappa shape index (κ1) is 30.0. The van der Waals surface area contributed by atoms with E-state index in [1.165, 1.54) is 32.7 Å². The minimum absolute atomic E-state index is 0.0163. The number of cyclic esters (lactones) is 1. The van der Waals surface area contributed by atoms with Gasteiger partial charge in [0.25, 0.3) is 0 Å². The Morgan fingerprint density at radius 1 is 1.11 bits per heavy atom. The molecule has 1 amide bonds. The molecular formula is C31H35N3O10S. The lowest BCUT2D eigenvalue weighted by atomic mass is 9.74. The van der Waals surface area contributed by atoms with Crippen molar-refractivity contribution in [2.24, 2.45) is 0 Å². The van der Waals surface area contributed by atoms with E-state index in [9.17, 15) is 24.6 Å². The zero-order valence-electron chi connectivity index (χ0n) is 25.5. The van der Waals surface area contributed by atoms with Crippen LogP contribution in [0.1, 0.15) is 64.6 Å². The number of aryl methyl sites for hydroxylation is 1. The van der Waals surface area contributed by atoms with Crippen molar-refractivity contribution in [2.75, 3.05) is 26.3 Å². The molecule has 5 aliphatic rings. The third-order valence-electron chi connectivity index (χ3n) is 9.36. The summed E-state index contributed by atoms with van der Waals surface area (Å²) in [5.74, 6) is 0.164. The number of piperazine rings is 1. The second-order valence-electron chi connectivity index (χ2n) is 12.0. The number of rotatable bonds is 3. The maximum atomic E-state index is 13.3. The van der Waals surface area contributed by atoms with E-state index >= 15 is 0 Å². The number of nitrogens with one attached hydrogen (secondary N) is 2. The molecule has 2 fully saturated rings. The van der Waals surface area contributed by atoms with Crippen LogP contribution in [0.25, 0.3) is 0 Å². The molecular weight excluding hydrogens is 606 g/mol. The van der Waals surface area contributed by atoms with Crippen LogP contribution < -0.4 is 29.6 Å². The molecule has 2 saturated heterocycles.